The molecule has 2 aromatic heterocycles. The highest BCUT2D eigenvalue weighted by molar-refractivity contribution is 7.21. The van der Waals surface area contributed by atoms with Crippen LogP contribution in [0, 0.1) is 0 Å². The number of fused-ring (bicyclic) bond motifs is 1. The number of carbonyl (C=O) groups is 1. The number of para-hydroxylation sites is 1. The number of hydrogen-bond acceptors (Lipinski definition) is 5. The molecule has 2 aromatic carbocycles. The van der Waals surface area contributed by atoms with Crippen LogP contribution in [-0.2, 0) is 17.9 Å². The molecule has 0 bridgehead atoms. The predicted molar refractivity (Wildman–Crippen MR) is 116 cm³/mol. The molecule has 4 rings (SSSR count). The number of carboxylic acid groups (broad SMARTS) is 1. The first-order valence-electron chi connectivity index (χ1n) is 9.16. The Kier molecular flexibility index (Phi) is 5.24. The summed E-state index contributed by atoms with van der Waals surface area (Å²) in [6, 6.07) is 18.5. The van der Waals surface area contributed by atoms with Gasteiger partial charge in [0.25, 0.3) is 5.56 Å². The minimum atomic E-state index is -1.25. The lowest BCUT2D eigenvalue weighted by Crippen LogP contribution is -2.41. The van der Waals surface area contributed by atoms with E-state index in [0.29, 0.717) is 16.0 Å². The van der Waals surface area contributed by atoms with Crippen molar-refractivity contribution in [2.24, 2.45) is 0 Å². The molecule has 0 saturated heterocycles. The smallest absolute Gasteiger partial charge is 0.332 e. The summed E-state index contributed by atoms with van der Waals surface area (Å²) >= 11 is 1.33. The Morgan fingerprint density at radius 2 is 1.73 bits per heavy atom. The van der Waals surface area contributed by atoms with Gasteiger partial charge in [0.2, 0.25) is 0 Å². The number of hydrogen-bond donors (Lipinski definition) is 1. The average Bonchev–Trinajstić information content (AvgIpc) is 3.20. The second-order valence-corrected chi connectivity index (χ2v) is 7.69. The molecule has 2 heterocycles. The van der Waals surface area contributed by atoms with Crippen molar-refractivity contribution in [3.63, 3.8) is 0 Å². The number of aromatic nitrogens is 2. The summed E-state index contributed by atoms with van der Waals surface area (Å²) in [5.41, 5.74) is 0.395. The van der Waals surface area contributed by atoms with E-state index in [0.717, 1.165) is 20.6 Å². The molecule has 0 saturated carbocycles. The predicted octanol–water partition coefficient (Wildman–Crippen LogP) is 3.03. The summed E-state index contributed by atoms with van der Waals surface area (Å²) in [6.45, 7) is -0.552. The third-order valence-electron chi connectivity index (χ3n) is 4.77. The number of ether oxygens (including phenoxy) is 1. The topological polar surface area (TPSA) is 90.5 Å². The maximum atomic E-state index is 13.1. The first-order chi connectivity index (χ1) is 14.5. The molecule has 0 radical (unpaired) electrons. The number of thiophene rings is 1. The maximum absolute atomic E-state index is 13.1. The summed E-state index contributed by atoms with van der Waals surface area (Å²) in [5.74, 6) is -0.649. The van der Waals surface area contributed by atoms with Crippen molar-refractivity contribution in [1.82, 2.24) is 9.13 Å². The second-order valence-electron chi connectivity index (χ2n) is 6.66. The molecule has 4 aromatic rings. The van der Waals surface area contributed by atoms with Gasteiger partial charge in [-0.2, -0.15) is 0 Å². The molecule has 0 aliphatic carbocycles. The zero-order valence-corrected chi connectivity index (χ0v) is 16.9. The van der Waals surface area contributed by atoms with Crippen LogP contribution in [0.2, 0.25) is 0 Å². The average molecular weight is 422 g/mol. The van der Waals surface area contributed by atoms with Crippen LogP contribution >= 0.6 is 11.3 Å². The number of rotatable bonds is 6. The quantitative estimate of drug-likeness (QED) is 0.516. The van der Waals surface area contributed by atoms with Gasteiger partial charge in [-0.05, 0) is 17.7 Å². The third-order valence-corrected chi connectivity index (χ3v) is 5.97. The number of carboxylic acids is 1. The molecule has 0 aliphatic rings. The van der Waals surface area contributed by atoms with Crippen LogP contribution in [0.1, 0.15) is 5.56 Å². The van der Waals surface area contributed by atoms with Crippen LogP contribution < -0.4 is 16.0 Å². The minimum Gasteiger partial charge on any atom is -0.496 e. The van der Waals surface area contributed by atoms with E-state index in [2.05, 4.69) is 0 Å². The number of methoxy groups -OCH3 is 1. The molecule has 0 aliphatic heterocycles. The van der Waals surface area contributed by atoms with Gasteiger partial charge in [-0.1, -0.05) is 48.5 Å². The van der Waals surface area contributed by atoms with Crippen molar-refractivity contribution < 1.29 is 14.6 Å². The van der Waals surface area contributed by atoms with Crippen LogP contribution in [0.15, 0.2) is 70.3 Å². The van der Waals surface area contributed by atoms with Gasteiger partial charge in [0.15, 0.2) is 0 Å². The lowest BCUT2D eigenvalue weighted by molar-refractivity contribution is -0.137. The zero-order chi connectivity index (χ0) is 21.3. The molecule has 0 atom stereocenters. The van der Waals surface area contributed by atoms with Crippen molar-refractivity contribution in [1.29, 1.82) is 0 Å². The van der Waals surface area contributed by atoms with E-state index >= 15 is 0 Å². The fourth-order valence-corrected chi connectivity index (χ4v) is 4.51. The first-order valence-corrected chi connectivity index (χ1v) is 9.97. The van der Waals surface area contributed by atoms with E-state index in [4.69, 9.17) is 4.74 Å². The van der Waals surface area contributed by atoms with Crippen LogP contribution in [0.3, 0.4) is 0 Å². The molecule has 1 N–H and O–H groups in total. The van der Waals surface area contributed by atoms with Crippen molar-refractivity contribution >= 4 is 27.5 Å². The standard InChI is InChI=1S/C22H18N2O5S/c1-29-17-10-6-5-9-15(17)12-24-21-16(20(27)23(22(24)28)13-19(25)26)11-18(30-21)14-7-3-2-4-8-14/h2-11H,12-13H2,1H3,(H,25,26). The van der Waals surface area contributed by atoms with Crippen LogP contribution in [-0.4, -0.2) is 27.3 Å². The largest absolute Gasteiger partial charge is 0.496 e. The molecule has 0 spiro atoms. The van der Waals surface area contributed by atoms with Gasteiger partial charge >= 0.3 is 11.7 Å². The lowest BCUT2D eigenvalue weighted by atomic mass is 10.2. The van der Waals surface area contributed by atoms with Crippen LogP contribution in [0.5, 0.6) is 5.75 Å². The highest BCUT2D eigenvalue weighted by atomic mass is 32.1. The number of aliphatic carboxylic acids is 1. The normalized spacial score (nSPS) is 11.0. The van der Waals surface area contributed by atoms with Crippen molar-refractivity contribution in [3.8, 4) is 16.2 Å². The van der Waals surface area contributed by atoms with Crippen molar-refractivity contribution in [2.75, 3.05) is 7.11 Å². The van der Waals surface area contributed by atoms with Gasteiger partial charge in [-0.3, -0.25) is 14.2 Å². The summed E-state index contributed by atoms with van der Waals surface area (Å²) in [5, 5.41) is 9.52. The number of nitrogens with zero attached hydrogens (tertiary/aromatic N) is 2. The Labute approximate surface area is 175 Å². The van der Waals surface area contributed by atoms with Gasteiger partial charge in [-0.25, -0.2) is 9.36 Å². The van der Waals surface area contributed by atoms with Gasteiger partial charge in [-0.15, -0.1) is 11.3 Å². The number of benzene rings is 2. The minimum absolute atomic E-state index is 0.147. The highest BCUT2D eigenvalue weighted by Crippen LogP contribution is 2.32. The summed E-state index contributed by atoms with van der Waals surface area (Å²) < 4.78 is 7.59. The Hall–Kier alpha value is -3.65. The van der Waals surface area contributed by atoms with E-state index < -0.39 is 23.8 Å². The van der Waals surface area contributed by atoms with Gasteiger partial charge in [0.05, 0.1) is 19.0 Å². The van der Waals surface area contributed by atoms with E-state index in [1.54, 1.807) is 19.2 Å². The van der Waals surface area contributed by atoms with E-state index in [1.165, 1.54) is 15.9 Å². The molecule has 7 nitrogen and oxygen atoms in total. The van der Waals surface area contributed by atoms with Crippen molar-refractivity contribution in [2.45, 2.75) is 13.1 Å². The van der Waals surface area contributed by atoms with E-state index in [9.17, 15) is 19.5 Å². The van der Waals surface area contributed by atoms with Crippen molar-refractivity contribution in [3.05, 3.63) is 87.1 Å². The summed E-state index contributed by atoms with van der Waals surface area (Å²) in [4.78, 5) is 38.6. The first kappa shape index (κ1) is 19.7. The SMILES string of the molecule is COc1ccccc1Cn1c(=O)n(CC(=O)O)c(=O)c2cc(-c3ccccc3)sc21. The molecule has 0 amide bonds. The Bertz CT molecular complexity index is 1350. The van der Waals surface area contributed by atoms with Gasteiger partial charge in [0.1, 0.15) is 17.1 Å². The molecular weight excluding hydrogens is 404 g/mol. The second kappa shape index (κ2) is 8.00. The Morgan fingerprint density at radius 1 is 1.03 bits per heavy atom. The molecular formula is C22H18N2O5S. The maximum Gasteiger partial charge on any atom is 0.332 e. The fourth-order valence-electron chi connectivity index (χ4n) is 3.36. The van der Waals surface area contributed by atoms with Crippen LogP contribution in [0.4, 0.5) is 0 Å². The molecule has 152 valence electrons. The summed E-state index contributed by atoms with van der Waals surface area (Å²) in [6.07, 6.45) is 0. The molecule has 30 heavy (non-hydrogen) atoms. The Morgan fingerprint density at radius 3 is 2.43 bits per heavy atom. The fraction of sp³-hybridized carbons (Fsp3) is 0.136. The van der Waals surface area contributed by atoms with Gasteiger partial charge < -0.3 is 9.84 Å². The van der Waals surface area contributed by atoms with Gasteiger partial charge in [0, 0.05) is 10.4 Å². The zero-order valence-electron chi connectivity index (χ0n) is 16.1. The van der Waals surface area contributed by atoms with Crippen LogP contribution in [0.25, 0.3) is 20.7 Å². The molecule has 0 unspecified atom stereocenters. The van der Waals surface area contributed by atoms with E-state index in [-0.39, 0.29) is 6.54 Å². The Balaban J connectivity index is 1.99. The molecule has 0 fully saturated rings. The lowest BCUT2D eigenvalue weighted by Gasteiger charge is -2.13. The monoisotopic (exact) mass is 422 g/mol. The highest BCUT2D eigenvalue weighted by Gasteiger charge is 2.19. The van der Waals surface area contributed by atoms with E-state index in [1.807, 2.05) is 48.5 Å². The summed E-state index contributed by atoms with van der Waals surface area (Å²) in [7, 11) is 1.54. The third kappa shape index (κ3) is 3.53. The molecule has 8 heteroatoms.